The Morgan fingerprint density at radius 3 is 2.54 bits per heavy atom. The van der Waals surface area contributed by atoms with E-state index in [1.165, 1.54) is 6.33 Å². The highest BCUT2D eigenvalue weighted by atomic mass is 16.1. The van der Waals surface area contributed by atoms with Gasteiger partial charge in [-0.15, -0.1) is 0 Å². The third-order valence-electron chi connectivity index (χ3n) is 5.37. The molecule has 28 heavy (non-hydrogen) atoms. The fraction of sp³-hybridized carbons (Fsp3) is 0.174. The highest BCUT2D eigenvalue weighted by molar-refractivity contribution is 5.99. The highest BCUT2D eigenvalue weighted by Crippen LogP contribution is 2.41. The number of benzene rings is 2. The molecule has 3 aromatic rings. The van der Waals surface area contributed by atoms with Crippen molar-refractivity contribution >= 4 is 17.8 Å². The van der Waals surface area contributed by atoms with Crippen LogP contribution in [0, 0.1) is 5.92 Å². The number of hydrogen-bond acceptors (Lipinski definition) is 4. The number of fused-ring (bicyclic) bond motifs is 1. The molecule has 5 nitrogen and oxygen atoms in total. The zero-order valence-electron chi connectivity index (χ0n) is 15.3. The Hall–Kier alpha value is -3.47. The Morgan fingerprint density at radius 1 is 1.00 bits per heavy atom. The number of carbonyl (C=O) groups is 1. The van der Waals surface area contributed by atoms with Crippen LogP contribution in [0.15, 0.2) is 84.3 Å². The zero-order valence-corrected chi connectivity index (χ0v) is 15.3. The first-order chi connectivity index (χ1) is 13.8. The van der Waals surface area contributed by atoms with E-state index < -0.39 is 0 Å². The van der Waals surface area contributed by atoms with Gasteiger partial charge in [-0.3, -0.25) is 4.79 Å². The molecule has 0 saturated carbocycles. The minimum Gasteiger partial charge on any atom is -0.328 e. The van der Waals surface area contributed by atoms with Crippen molar-refractivity contribution in [3.63, 3.8) is 0 Å². The van der Waals surface area contributed by atoms with E-state index in [2.05, 4.69) is 39.7 Å². The Labute approximate surface area is 163 Å². The summed E-state index contributed by atoms with van der Waals surface area (Å²) in [6, 6.07) is 20.0. The average Bonchev–Trinajstić information content (AvgIpc) is 3.20. The second kappa shape index (κ2) is 6.93. The van der Waals surface area contributed by atoms with Gasteiger partial charge in [0.1, 0.15) is 12.4 Å². The Kier molecular flexibility index (Phi) is 4.13. The Balaban J connectivity index is 1.50. The maximum absolute atomic E-state index is 13.2. The van der Waals surface area contributed by atoms with E-state index in [9.17, 15) is 4.79 Å². The lowest BCUT2D eigenvalue weighted by Crippen LogP contribution is -2.33. The molecule has 0 saturated heterocycles. The fourth-order valence-electron chi connectivity index (χ4n) is 4.07. The SMILES string of the molecule is O=C1CC(C=Cc2ccccc2)CC2=C1C(c1ccccc1)n1ncnc1N2. The molecule has 5 heteroatoms. The summed E-state index contributed by atoms with van der Waals surface area (Å²) in [5.74, 6) is 1.03. The van der Waals surface area contributed by atoms with Gasteiger partial charge in [0, 0.05) is 17.7 Å². The number of nitrogens with zero attached hydrogens (tertiary/aromatic N) is 3. The Morgan fingerprint density at radius 2 is 1.75 bits per heavy atom. The van der Waals surface area contributed by atoms with Gasteiger partial charge in [-0.05, 0) is 23.5 Å². The molecule has 1 N–H and O–H groups in total. The maximum atomic E-state index is 13.2. The predicted octanol–water partition coefficient (Wildman–Crippen LogP) is 4.24. The van der Waals surface area contributed by atoms with Crippen LogP contribution >= 0.6 is 0 Å². The van der Waals surface area contributed by atoms with E-state index >= 15 is 0 Å². The molecule has 1 aliphatic carbocycles. The lowest BCUT2D eigenvalue weighted by atomic mass is 9.80. The summed E-state index contributed by atoms with van der Waals surface area (Å²) in [7, 11) is 0. The van der Waals surface area contributed by atoms with Crippen LogP contribution in [0.2, 0.25) is 0 Å². The smallest absolute Gasteiger partial charge is 0.226 e. The van der Waals surface area contributed by atoms with Crippen molar-refractivity contribution in [3.05, 3.63) is 95.5 Å². The summed E-state index contributed by atoms with van der Waals surface area (Å²) in [5.41, 5.74) is 3.98. The number of Topliss-reactive ketones (excluding diaryl/α,β-unsaturated/α-hetero) is 1. The van der Waals surface area contributed by atoms with E-state index in [-0.39, 0.29) is 17.7 Å². The van der Waals surface area contributed by atoms with Gasteiger partial charge in [-0.25, -0.2) is 4.68 Å². The van der Waals surface area contributed by atoms with E-state index in [0.717, 1.165) is 28.8 Å². The largest absolute Gasteiger partial charge is 0.328 e. The standard InChI is InChI=1S/C23H20N4O/c28-20-14-17(12-11-16-7-3-1-4-8-16)13-19-21(20)22(18-9-5-2-6-10-18)27-23(26-19)24-15-25-27/h1-12,15,17,22H,13-14H2,(H,24,25,26). The summed E-state index contributed by atoms with van der Waals surface area (Å²) < 4.78 is 1.81. The minimum absolute atomic E-state index is 0.171. The van der Waals surface area contributed by atoms with E-state index in [0.29, 0.717) is 12.4 Å². The molecule has 138 valence electrons. The van der Waals surface area contributed by atoms with E-state index in [4.69, 9.17) is 0 Å². The van der Waals surface area contributed by atoms with Crippen LogP contribution in [0.4, 0.5) is 5.95 Å². The highest BCUT2D eigenvalue weighted by Gasteiger charge is 2.38. The number of anilines is 1. The normalized spacial score (nSPS) is 21.4. The van der Waals surface area contributed by atoms with Gasteiger partial charge in [0.05, 0.1) is 0 Å². The van der Waals surface area contributed by atoms with Crippen LogP contribution in [0.5, 0.6) is 0 Å². The summed E-state index contributed by atoms with van der Waals surface area (Å²) >= 11 is 0. The topological polar surface area (TPSA) is 59.8 Å². The minimum atomic E-state index is -0.221. The van der Waals surface area contributed by atoms with Crippen molar-refractivity contribution < 1.29 is 4.79 Å². The number of rotatable bonds is 3. The van der Waals surface area contributed by atoms with Crippen LogP contribution in [0.3, 0.4) is 0 Å². The molecular formula is C23H20N4O. The number of hydrogen-bond donors (Lipinski definition) is 1. The average molecular weight is 368 g/mol. The molecule has 1 aromatic heterocycles. The zero-order chi connectivity index (χ0) is 18.9. The second-order valence-corrected chi connectivity index (χ2v) is 7.22. The molecule has 2 heterocycles. The van der Waals surface area contributed by atoms with Gasteiger partial charge in [0.25, 0.3) is 0 Å². The van der Waals surface area contributed by atoms with E-state index in [1.54, 1.807) is 0 Å². The van der Waals surface area contributed by atoms with Crippen LogP contribution in [0.25, 0.3) is 6.08 Å². The molecule has 2 unspecified atom stereocenters. The van der Waals surface area contributed by atoms with Crippen LogP contribution in [0.1, 0.15) is 30.0 Å². The van der Waals surface area contributed by atoms with Crippen molar-refractivity contribution in [2.45, 2.75) is 18.9 Å². The van der Waals surface area contributed by atoms with Crippen molar-refractivity contribution in [2.24, 2.45) is 5.92 Å². The molecule has 0 amide bonds. The molecule has 0 spiro atoms. The van der Waals surface area contributed by atoms with Crippen LogP contribution in [-0.2, 0) is 4.79 Å². The van der Waals surface area contributed by atoms with Crippen molar-refractivity contribution in [1.82, 2.24) is 14.8 Å². The van der Waals surface area contributed by atoms with Gasteiger partial charge in [-0.1, -0.05) is 72.8 Å². The summed E-state index contributed by atoms with van der Waals surface area (Å²) in [4.78, 5) is 17.5. The fourth-order valence-corrected chi connectivity index (χ4v) is 4.07. The molecule has 0 bridgehead atoms. The number of aromatic nitrogens is 3. The van der Waals surface area contributed by atoms with Crippen LogP contribution < -0.4 is 5.32 Å². The molecule has 0 fully saturated rings. The summed E-state index contributed by atoms with van der Waals surface area (Å²) in [6.07, 6.45) is 7.09. The quantitative estimate of drug-likeness (QED) is 0.751. The molecule has 0 radical (unpaired) electrons. The molecule has 2 atom stereocenters. The molecule has 2 aliphatic rings. The molecule has 1 aliphatic heterocycles. The maximum Gasteiger partial charge on any atom is 0.226 e. The lowest BCUT2D eigenvalue weighted by Gasteiger charge is -2.34. The molecule has 2 aromatic carbocycles. The number of carbonyl (C=O) groups excluding carboxylic acids is 1. The first-order valence-electron chi connectivity index (χ1n) is 9.50. The van der Waals surface area contributed by atoms with Crippen LogP contribution in [-0.4, -0.2) is 20.5 Å². The molecule has 5 rings (SSSR count). The van der Waals surface area contributed by atoms with Crippen molar-refractivity contribution in [2.75, 3.05) is 5.32 Å². The van der Waals surface area contributed by atoms with Gasteiger partial charge in [0.2, 0.25) is 5.95 Å². The van der Waals surface area contributed by atoms with Crippen molar-refractivity contribution in [3.8, 4) is 0 Å². The summed E-state index contributed by atoms with van der Waals surface area (Å²) in [5, 5.41) is 7.73. The number of nitrogens with one attached hydrogen (secondary N) is 1. The number of ketones is 1. The van der Waals surface area contributed by atoms with Gasteiger partial charge >= 0.3 is 0 Å². The third kappa shape index (κ3) is 2.95. The van der Waals surface area contributed by atoms with Crippen molar-refractivity contribution in [1.29, 1.82) is 0 Å². The predicted molar refractivity (Wildman–Crippen MR) is 108 cm³/mol. The summed E-state index contributed by atoms with van der Waals surface area (Å²) in [6.45, 7) is 0. The van der Waals surface area contributed by atoms with Gasteiger partial charge < -0.3 is 5.32 Å². The van der Waals surface area contributed by atoms with E-state index in [1.807, 2.05) is 53.2 Å². The number of allylic oxidation sites excluding steroid dienone is 3. The second-order valence-electron chi connectivity index (χ2n) is 7.22. The first-order valence-corrected chi connectivity index (χ1v) is 9.50. The molecular weight excluding hydrogens is 348 g/mol. The van der Waals surface area contributed by atoms with Gasteiger partial charge in [0.15, 0.2) is 5.78 Å². The first kappa shape index (κ1) is 16.7. The Bertz CT molecular complexity index is 1070. The van der Waals surface area contributed by atoms with Gasteiger partial charge in [-0.2, -0.15) is 10.1 Å². The third-order valence-corrected chi connectivity index (χ3v) is 5.37. The monoisotopic (exact) mass is 368 g/mol. The lowest BCUT2D eigenvalue weighted by molar-refractivity contribution is -0.117.